The molecule has 0 bridgehead atoms. The fraction of sp³-hybridized carbons (Fsp3) is 0.900. The summed E-state index contributed by atoms with van der Waals surface area (Å²) in [6, 6.07) is 0. The summed E-state index contributed by atoms with van der Waals surface area (Å²) in [7, 11) is 0. The minimum Gasteiger partial charge on any atom is -0.381 e. The molecule has 2 radical (unpaired) electrons. The zero-order valence-electron chi connectivity index (χ0n) is 7.42. The van der Waals surface area contributed by atoms with Crippen LogP contribution in [0.3, 0.4) is 0 Å². The highest BCUT2D eigenvalue weighted by atomic mass is 16.5. The van der Waals surface area contributed by atoms with Gasteiger partial charge in [-0.2, -0.15) is 0 Å². The molecule has 2 heterocycles. The maximum atomic E-state index is 5.67. The van der Waals surface area contributed by atoms with E-state index in [4.69, 9.17) is 9.47 Å². The lowest BCUT2D eigenvalue weighted by molar-refractivity contribution is -0.0569. The summed E-state index contributed by atoms with van der Waals surface area (Å²) in [5, 5.41) is 0. The van der Waals surface area contributed by atoms with Crippen LogP contribution in [0.5, 0.6) is 0 Å². The van der Waals surface area contributed by atoms with Gasteiger partial charge < -0.3 is 9.47 Å². The number of rotatable bonds is 1. The van der Waals surface area contributed by atoms with E-state index in [1.54, 1.807) is 0 Å². The van der Waals surface area contributed by atoms with Crippen molar-refractivity contribution in [2.24, 2.45) is 5.92 Å². The summed E-state index contributed by atoms with van der Waals surface area (Å²) in [6.07, 6.45) is 8.23. The summed E-state index contributed by atoms with van der Waals surface area (Å²) < 4.78 is 11.1. The van der Waals surface area contributed by atoms with Crippen LogP contribution in [-0.4, -0.2) is 25.9 Å². The van der Waals surface area contributed by atoms with E-state index in [2.05, 4.69) is 6.42 Å². The second kappa shape index (κ2) is 4.24. The Morgan fingerprint density at radius 1 is 1.25 bits per heavy atom. The lowest BCUT2D eigenvalue weighted by atomic mass is 9.91. The molecule has 2 rings (SSSR count). The topological polar surface area (TPSA) is 18.5 Å². The Morgan fingerprint density at radius 2 is 2.25 bits per heavy atom. The van der Waals surface area contributed by atoms with Crippen LogP contribution in [0, 0.1) is 12.3 Å². The van der Waals surface area contributed by atoms with Gasteiger partial charge in [-0.25, -0.2) is 0 Å². The molecule has 0 aliphatic carbocycles. The van der Waals surface area contributed by atoms with E-state index in [1.165, 1.54) is 12.8 Å². The predicted octanol–water partition coefficient (Wildman–Crippen LogP) is 1.67. The van der Waals surface area contributed by atoms with Crippen molar-refractivity contribution in [1.29, 1.82) is 0 Å². The average molecular weight is 168 g/mol. The molecule has 0 aromatic rings. The maximum absolute atomic E-state index is 5.67. The molecular weight excluding hydrogens is 152 g/mol. The number of ether oxygens (including phenoxy) is 2. The molecule has 68 valence electrons. The van der Waals surface area contributed by atoms with Crippen LogP contribution in [0.15, 0.2) is 0 Å². The fourth-order valence-corrected chi connectivity index (χ4v) is 1.95. The van der Waals surface area contributed by atoms with Gasteiger partial charge in [-0.15, -0.1) is 0 Å². The lowest BCUT2D eigenvalue weighted by Gasteiger charge is -2.32. The molecule has 2 aliphatic rings. The minimum atomic E-state index is 0.402. The monoisotopic (exact) mass is 168 g/mol. The highest BCUT2D eigenvalue weighted by molar-refractivity contribution is 4.82. The van der Waals surface area contributed by atoms with Gasteiger partial charge >= 0.3 is 0 Å². The van der Waals surface area contributed by atoms with E-state index in [9.17, 15) is 0 Å². The first-order valence-electron chi connectivity index (χ1n) is 4.87. The molecule has 0 saturated carbocycles. The smallest absolute Gasteiger partial charge is 0.0631 e. The van der Waals surface area contributed by atoms with Gasteiger partial charge in [-0.3, -0.25) is 0 Å². The second-order valence-corrected chi connectivity index (χ2v) is 3.59. The Labute approximate surface area is 74.2 Å². The highest BCUT2D eigenvalue weighted by Crippen LogP contribution is 2.25. The molecule has 0 N–H and O–H groups in total. The van der Waals surface area contributed by atoms with Crippen molar-refractivity contribution < 1.29 is 9.47 Å². The molecule has 0 spiro atoms. The quantitative estimate of drug-likeness (QED) is 0.593. The van der Waals surface area contributed by atoms with Crippen molar-refractivity contribution in [2.75, 3.05) is 19.8 Å². The first-order chi connectivity index (χ1) is 5.97. The zero-order chi connectivity index (χ0) is 8.23. The number of hydrogen-bond donors (Lipinski definition) is 0. The molecule has 2 heteroatoms. The van der Waals surface area contributed by atoms with Gasteiger partial charge in [0.15, 0.2) is 0 Å². The molecule has 0 amide bonds. The molecule has 2 nitrogen and oxygen atoms in total. The average Bonchev–Trinajstić information content (AvgIpc) is 2.21. The lowest BCUT2D eigenvalue weighted by Crippen LogP contribution is -2.33. The van der Waals surface area contributed by atoms with Gasteiger partial charge in [0.05, 0.1) is 12.7 Å². The van der Waals surface area contributed by atoms with Crippen LogP contribution in [0.25, 0.3) is 0 Å². The Hall–Kier alpha value is -0.0800. The molecule has 2 fully saturated rings. The predicted molar refractivity (Wildman–Crippen MR) is 45.8 cm³/mol. The summed E-state index contributed by atoms with van der Waals surface area (Å²) in [5.74, 6) is 0.631. The van der Waals surface area contributed by atoms with Crippen molar-refractivity contribution in [1.82, 2.24) is 0 Å². The van der Waals surface area contributed by atoms with Gasteiger partial charge in [0, 0.05) is 19.1 Å². The van der Waals surface area contributed by atoms with Crippen LogP contribution in [0.4, 0.5) is 0 Å². The van der Waals surface area contributed by atoms with Crippen LogP contribution in [-0.2, 0) is 9.47 Å². The third-order valence-electron chi connectivity index (χ3n) is 2.68. The van der Waals surface area contributed by atoms with E-state index in [0.717, 1.165) is 32.7 Å². The van der Waals surface area contributed by atoms with E-state index in [0.29, 0.717) is 12.0 Å². The van der Waals surface area contributed by atoms with Crippen molar-refractivity contribution >= 4 is 0 Å². The normalized spacial score (nSPS) is 38.0. The summed E-state index contributed by atoms with van der Waals surface area (Å²) in [4.78, 5) is 0. The molecule has 0 aromatic heterocycles. The van der Waals surface area contributed by atoms with E-state index in [-0.39, 0.29) is 0 Å². The first kappa shape index (κ1) is 8.52. The largest absolute Gasteiger partial charge is 0.381 e. The summed E-state index contributed by atoms with van der Waals surface area (Å²) >= 11 is 0. The molecule has 2 saturated heterocycles. The zero-order valence-corrected chi connectivity index (χ0v) is 7.42. The molecule has 2 atom stereocenters. The van der Waals surface area contributed by atoms with Crippen molar-refractivity contribution in [2.45, 2.75) is 31.8 Å². The minimum absolute atomic E-state index is 0.402. The van der Waals surface area contributed by atoms with Crippen LogP contribution < -0.4 is 0 Å². The fourth-order valence-electron chi connectivity index (χ4n) is 1.95. The Balaban J connectivity index is 1.80. The third kappa shape index (κ3) is 1.99. The van der Waals surface area contributed by atoms with Gasteiger partial charge in [0.1, 0.15) is 0 Å². The van der Waals surface area contributed by atoms with Crippen molar-refractivity contribution in [3.63, 3.8) is 0 Å². The standard InChI is InChI=1S/C10H16O2/c1-2-7-12-10(5-1)9-4-3-6-11-8-9/h9-10H,2-8H2. The van der Waals surface area contributed by atoms with Crippen molar-refractivity contribution in [3.8, 4) is 0 Å². The molecular formula is C10H16O2. The van der Waals surface area contributed by atoms with Gasteiger partial charge in [-0.1, -0.05) is 0 Å². The molecule has 0 aromatic carbocycles. The SMILES string of the molecule is [C]1CCOC(C2CCCOC2)C1. The molecule has 2 unspecified atom stereocenters. The van der Waals surface area contributed by atoms with E-state index >= 15 is 0 Å². The molecule has 2 aliphatic heterocycles. The number of hydrogen-bond acceptors (Lipinski definition) is 2. The van der Waals surface area contributed by atoms with Gasteiger partial charge in [0.2, 0.25) is 0 Å². The highest BCUT2D eigenvalue weighted by Gasteiger charge is 2.26. The summed E-state index contributed by atoms with van der Waals surface area (Å²) in [5.41, 5.74) is 0. The van der Waals surface area contributed by atoms with Crippen molar-refractivity contribution in [3.05, 3.63) is 6.42 Å². The third-order valence-corrected chi connectivity index (χ3v) is 2.68. The van der Waals surface area contributed by atoms with Gasteiger partial charge in [0.25, 0.3) is 0 Å². The maximum Gasteiger partial charge on any atom is 0.0631 e. The van der Waals surface area contributed by atoms with Crippen LogP contribution >= 0.6 is 0 Å². The second-order valence-electron chi connectivity index (χ2n) is 3.59. The summed E-state index contributed by atoms with van der Waals surface area (Å²) in [6.45, 7) is 2.70. The van der Waals surface area contributed by atoms with Crippen LogP contribution in [0.2, 0.25) is 0 Å². The Morgan fingerprint density at radius 3 is 2.92 bits per heavy atom. The Bertz CT molecular complexity index is 108. The van der Waals surface area contributed by atoms with E-state index < -0.39 is 0 Å². The van der Waals surface area contributed by atoms with Gasteiger partial charge in [-0.05, 0) is 32.1 Å². The van der Waals surface area contributed by atoms with Crippen LogP contribution in [0.1, 0.15) is 25.7 Å². The molecule has 12 heavy (non-hydrogen) atoms. The van der Waals surface area contributed by atoms with E-state index in [1.807, 2.05) is 0 Å². The Kier molecular flexibility index (Phi) is 3.01. The first-order valence-corrected chi connectivity index (χ1v) is 4.87.